The molecule has 2 heterocycles. The third-order valence-electron chi connectivity index (χ3n) is 5.49. The number of hydrogen-bond donors (Lipinski definition) is 3. The molecule has 1 fully saturated rings. The Kier molecular flexibility index (Phi) is 11.2. The first-order valence-corrected chi connectivity index (χ1v) is 12.8. The van der Waals surface area contributed by atoms with E-state index in [0.29, 0.717) is 5.56 Å². The Morgan fingerprint density at radius 1 is 1.18 bits per heavy atom. The number of hydrogen-bond acceptors (Lipinski definition) is 11. The standard InChI is InChI=1S/C25H29N3O10S.Na/c1-12(29)9-16(31)37-10-14-11-39-22-18(21(33)28(22)19(14)23(34)35)26-20(32)17(13-5-7-15(30)8-6-13)27-24(36)38-25(2,3)4;/h5-8,17-18,22,30H,9-11H2,1-4H3,(H,26,32)(H,27,36)(H,34,35);/q;+1/p-1/t17?,18-,22+;/m1./s1. The van der Waals surface area contributed by atoms with Crippen molar-refractivity contribution >= 4 is 47.4 Å². The van der Waals surface area contributed by atoms with Gasteiger partial charge in [-0.25, -0.2) is 4.79 Å². The van der Waals surface area contributed by atoms with Gasteiger partial charge in [0.1, 0.15) is 47.6 Å². The van der Waals surface area contributed by atoms with E-state index in [1.807, 2.05) is 0 Å². The van der Waals surface area contributed by atoms with Crippen LogP contribution < -0.4 is 45.3 Å². The van der Waals surface area contributed by atoms with Gasteiger partial charge in [0.25, 0.3) is 5.91 Å². The number of aromatic hydroxyl groups is 1. The number of ether oxygens (including phenoxy) is 2. The number of phenolic OH excluding ortho intramolecular Hbond substituents is 1. The van der Waals surface area contributed by atoms with Gasteiger partial charge in [-0.1, -0.05) is 12.1 Å². The molecule has 0 bridgehead atoms. The molecule has 3 atom stereocenters. The number of β-lactam (4-membered cyclic amide) rings is 1. The number of benzene rings is 1. The van der Waals surface area contributed by atoms with Crippen LogP contribution in [-0.2, 0) is 33.4 Å². The number of esters is 1. The molecular formula is C25H28N3NaO10S. The summed E-state index contributed by atoms with van der Waals surface area (Å²) in [6.07, 6.45) is -1.37. The number of carbonyl (C=O) groups is 6. The molecule has 3 amide bonds. The van der Waals surface area contributed by atoms with Gasteiger partial charge in [-0.15, -0.1) is 11.8 Å². The Morgan fingerprint density at radius 3 is 2.35 bits per heavy atom. The average molecular weight is 586 g/mol. The molecule has 0 spiro atoms. The Hall–Kier alpha value is -3.07. The van der Waals surface area contributed by atoms with E-state index in [0.717, 1.165) is 16.7 Å². The summed E-state index contributed by atoms with van der Waals surface area (Å²) in [5, 5.41) is 25.7. The number of thioether (sulfide) groups is 1. The molecule has 0 aliphatic carbocycles. The van der Waals surface area contributed by atoms with Crippen LogP contribution in [0, 0.1) is 0 Å². The van der Waals surface area contributed by atoms with Gasteiger partial charge < -0.3 is 35.1 Å². The van der Waals surface area contributed by atoms with Gasteiger partial charge in [0.05, 0.1) is 11.7 Å². The van der Waals surface area contributed by atoms with Gasteiger partial charge >= 0.3 is 41.6 Å². The van der Waals surface area contributed by atoms with Crippen molar-refractivity contribution < 1.29 is 78.0 Å². The molecule has 40 heavy (non-hydrogen) atoms. The molecule has 15 heteroatoms. The van der Waals surface area contributed by atoms with Crippen molar-refractivity contribution in [2.75, 3.05) is 12.4 Å². The number of rotatable bonds is 9. The number of alkyl carbamates (subject to hydrolysis) is 1. The van der Waals surface area contributed by atoms with Crippen LogP contribution >= 0.6 is 11.8 Å². The van der Waals surface area contributed by atoms with Crippen molar-refractivity contribution in [2.24, 2.45) is 0 Å². The van der Waals surface area contributed by atoms with Gasteiger partial charge in [0, 0.05) is 11.3 Å². The normalized spacial score (nSPS) is 18.8. The molecule has 1 unspecified atom stereocenters. The second kappa shape index (κ2) is 13.5. The summed E-state index contributed by atoms with van der Waals surface area (Å²) < 4.78 is 10.2. The molecule has 13 nitrogen and oxygen atoms in total. The fraction of sp³-hybridized carbons (Fsp3) is 0.440. The molecule has 0 radical (unpaired) electrons. The molecule has 3 rings (SSSR count). The summed E-state index contributed by atoms with van der Waals surface area (Å²) in [5.41, 5.74) is -0.915. The summed E-state index contributed by atoms with van der Waals surface area (Å²) in [7, 11) is 0. The smallest absolute Gasteiger partial charge is 0.543 e. The van der Waals surface area contributed by atoms with Crippen molar-refractivity contribution in [1.82, 2.24) is 15.5 Å². The second-order valence-electron chi connectivity index (χ2n) is 9.85. The fourth-order valence-corrected chi connectivity index (χ4v) is 5.16. The third-order valence-corrected chi connectivity index (χ3v) is 6.83. The Morgan fingerprint density at radius 2 is 1.80 bits per heavy atom. The number of carboxylic acids is 1. The first kappa shape index (κ1) is 33.1. The summed E-state index contributed by atoms with van der Waals surface area (Å²) in [5.74, 6) is -4.45. The second-order valence-corrected chi connectivity index (χ2v) is 11.0. The van der Waals surface area contributed by atoms with Crippen LogP contribution in [0.15, 0.2) is 35.5 Å². The molecule has 0 saturated carbocycles. The zero-order valence-electron chi connectivity index (χ0n) is 22.6. The predicted molar refractivity (Wildman–Crippen MR) is 134 cm³/mol. The van der Waals surface area contributed by atoms with E-state index in [1.165, 1.54) is 31.2 Å². The largest absolute Gasteiger partial charge is 1.00 e. The number of carbonyl (C=O) groups excluding carboxylic acids is 6. The van der Waals surface area contributed by atoms with E-state index >= 15 is 0 Å². The summed E-state index contributed by atoms with van der Waals surface area (Å²) >= 11 is 1.13. The number of fused-ring (bicyclic) bond motifs is 1. The predicted octanol–water partition coefficient (Wildman–Crippen LogP) is -3.11. The number of aliphatic carboxylic acids is 1. The maximum Gasteiger partial charge on any atom is 1.00 e. The summed E-state index contributed by atoms with van der Waals surface area (Å²) in [6.45, 7) is 5.69. The molecule has 2 aliphatic rings. The Balaban J connectivity index is 0.00000560. The van der Waals surface area contributed by atoms with Gasteiger partial charge in [0.15, 0.2) is 0 Å². The first-order chi connectivity index (χ1) is 18.2. The fourth-order valence-electron chi connectivity index (χ4n) is 3.83. The SMILES string of the molecule is CC(=O)CC(=O)OCC1=C(C(=O)[O-])N2C(=O)[C@@H](NC(=O)C(NC(=O)OC(C)(C)C)c3ccc(O)cc3)[C@@H]2SC1.[Na+]. The maximum atomic E-state index is 13.2. The molecule has 1 saturated heterocycles. The topological polar surface area (TPSA) is 191 Å². The van der Waals surface area contributed by atoms with E-state index in [2.05, 4.69) is 10.6 Å². The number of Topliss-reactive ketones (excluding diaryl/α,β-unsaturated/α-hetero) is 1. The van der Waals surface area contributed by atoms with Crippen LogP contribution in [0.1, 0.15) is 45.7 Å². The van der Waals surface area contributed by atoms with Gasteiger partial charge in [-0.2, -0.15) is 0 Å². The summed E-state index contributed by atoms with van der Waals surface area (Å²) in [4.78, 5) is 74.2. The van der Waals surface area contributed by atoms with Crippen LogP contribution in [0.5, 0.6) is 5.75 Å². The average Bonchev–Trinajstić information content (AvgIpc) is 2.82. The number of nitrogens with zero attached hydrogens (tertiary/aromatic N) is 1. The molecule has 1 aromatic rings. The molecule has 1 aromatic carbocycles. The van der Waals surface area contributed by atoms with E-state index in [1.54, 1.807) is 20.8 Å². The molecule has 2 aliphatic heterocycles. The quantitative estimate of drug-likeness (QED) is 0.115. The number of carboxylic acid groups (broad SMARTS) is 1. The number of amides is 3. The van der Waals surface area contributed by atoms with Crippen molar-refractivity contribution in [3.05, 3.63) is 41.1 Å². The molecule has 0 aromatic heterocycles. The van der Waals surface area contributed by atoms with Crippen LogP contribution in [0.4, 0.5) is 4.79 Å². The number of nitrogens with one attached hydrogen (secondary N) is 2. The van der Waals surface area contributed by atoms with E-state index in [-0.39, 0.29) is 46.6 Å². The van der Waals surface area contributed by atoms with Crippen LogP contribution in [0.25, 0.3) is 0 Å². The van der Waals surface area contributed by atoms with Crippen LogP contribution in [0.3, 0.4) is 0 Å². The van der Waals surface area contributed by atoms with Crippen LogP contribution in [-0.4, -0.2) is 75.0 Å². The van der Waals surface area contributed by atoms with Crippen molar-refractivity contribution in [3.63, 3.8) is 0 Å². The van der Waals surface area contributed by atoms with Crippen LogP contribution in [0.2, 0.25) is 0 Å². The van der Waals surface area contributed by atoms with E-state index in [9.17, 15) is 39.0 Å². The van der Waals surface area contributed by atoms with Gasteiger partial charge in [-0.05, 0) is 45.4 Å². The van der Waals surface area contributed by atoms with Gasteiger partial charge in [-0.3, -0.25) is 24.1 Å². The zero-order chi connectivity index (χ0) is 29.1. The Labute approximate surface area is 256 Å². The van der Waals surface area contributed by atoms with Gasteiger partial charge in [0.2, 0.25) is 5.91 Å². The number of ketones is 1. The van der Waals surface area contributed by atoms with Crippen molar-refractivity contribution in [1.29, 1.82) is 0 Å². The monoisotopic (exact) mass is 585 g/mol. The minimum Gasteiger partial charge on any atom is -0.543 e. The van der Waals surface area contributed by atoms with Crippen molar-refractivity contribution in [3.8, 4) is 5.75 Å². The maximum absolute atomic E-state index is 13.2. The van der Waals surface area contributed by atoms with E-state index < -0.39 is 77.4 Å². The van der Waals surface area contributed by atoms with Crippen molar-refractivity contribution in [2.45, 2.75) is 57.2 Å². The minimum absolute atomic E-state index is 0. The first-order valence-electron chi connectivity index (χ1n) is 11.8. The minimum atomic E-state index is -1.66. The molecular weight excluding hydrogens is 557 g/mol. The molecule has 210 valence electrons. The zero-order valence-corrected chi connectivity index (χ0v) is 25.5. The van der Waals surface area contributed by atoms with E-state index in [4.69, 9.17) is 9.47 Å². The summed E-state index contributed by atoms with van der Waals surface area (Å²) in [6, 6.07) is 3.04. The Bertz CT molecular complexity index is 1230. The molecule has 3 N–H and O–H groups in total. The number of phenols is 1. The third kappa shape index (κ3) is 8.22.